The summed E-state index contributed by atoms with van der Waals surface area (Å²) in [4.78, 5) is 0. The van der Waals surface area contributed by atoms with Crippen molar-refractivity contribution in [3.63, 3.8) is 0 Å². The van der Waals surface area contributed by atoms with Crippen LogP contribution in [0.3, 0.4) is 0 Å². The van der Waals surface area contributed by atoms with Gasteiger partial charge in [0.15, 0.2) is 0 Å². The van der Waals surface area contributed by atoms with Gasteiger partial charge in [-0.3, -0.25) is 0 Å². The van der Waals surface area contributed by atoms with E-state index in [4.69, 9.17) is 9.47 Å². The molecule has 2 heterocycles. The van der Waals surface area contributed by atoms with Crippen molar-refractivity contribution in [2.75, 3.05) is 13.2 Å². The van der Waals surface area contributed by atoms with Crippen LogP contribution in [-0.2, 0) is 32.5 Å². The van der Waals surface area contributed by atoms with Crippen LogP contribution in [0.25, 0.3) is 77.2 Å². The average Bonchev–Trinajstić information content (AvgIpc) is 1.53. The number of benzene rings is 8. The maximum atomic E-state index is 16.1. The molecule has 0 spiro atoms. The van der Waals surface area contributed by atoms with Gasteiger partial charge in [-0.2, -0.15) is 0 Å². The van der Waals surface area contributed by atoms with Gasteiger partial charge < -0.3 is 28.8 Å². The van der Waals surface area contributed by atoms with Crippen molar-refractivity contribution in [2.45, 2.75) is 198 Å². The van der Waals surface area contributed by atoms with E-state index in [1.165, 1.54) is 24.3 Å². The van der Waals surface area contributed by atoms with Gasteiger partial charge in [-0.05, 0) is 174 Å². The standard InChI is InChI=1S/C82H98F2N2O4/c1-75(2,3)47-81(19,20)53-37-63(73(87)69(43-53)85-65-39-49(77(7,8)9)23-29-57(65)58-30-24-50(40-66(58)85)78(10,11)12)61-45-55(83)27-33-71(61)89-35-36-90-72-34-28-56(84)46-62(72)64-38-54(82(21,22)48-76(4,5)6)44-70(74(64)88)86-67-41-51(79(13,14)15)25-31-59(67)60-32-26-52(42-68(60)86)80(16,17)18/h23-34,37-46,87-88H,35-36,47-48H2,1-22H3. The van der Waals surface area contributed by atoms with Gasteiger partial charge in [0.1, 0.15) is 47.8 Å². The Kier molecular flexibility index (Phi) is 16.5. The summed E-state index contributed by atoms with van der Waals surface area (Å²) >= 11 is 0. The van der Waals surface area contributed by atoms with Crippen LogP contribution in [0.15, 0.2) is 133 Å². The van der Waals surface area contributed by atoms with Gasteiger partial charge in [-0.15, -0.1) is 0 Å². The maximum absolute atomic E-state index is 16.1. The van der Waals surface area contributed by atoms with Crippen molar-refractivity contribution >= 4 is 43.6 Å². The van der Waals surface area contributed by atoms with E-state index in [1.807, 2.05) is 12.1 Å². The van der Waals surface area contributed by atoms with Crippen molar-refractivity contribution in [2.24, 2.45) is 10.8 Å². The zero-order chi connectivity index (χ0) is 66.0. The predicted octanol–water partition coefficient (Wildman–Crippen LogP) is 23.0. The van der Waals surface area contributed by atoms with Gasteiger partial charge in [-0.1, -0.05) is 201 Å². The van der Waals surface area contributed by atoms with Crippen LogP contribution in [0.2, 0.25) is 0 Å². The molecule has 90 heavy (non-hydrogen) atoms. The summed E-state index contributed by atoms with van der Waals surface area (Å²) in [6, 6.07) is 43.8. The number of aromatic hydroxyl groups is 2. The number of ether oxygens (including phenoxy) is 2. The van der Waals surface area contributed by atoms with Gasteiger partial charge in [0.05, 0.1) is 33.4 Å². The molecule has 474 valence electrons. The number of aromatic nitrogens is 2. The molecule has 6 nitrogen and oxygen atoms in total. The molecule has 0 aliphatic heterocycles. The SMILES string of the molecule is CC(C)(C)CC(C)(C)c1cc(-c2cc(F)ccc2OCCOc2ccc(F)cc2-c2cc(C(C)(C)CC(C)(C)C)cc(-n3c4cc(C(C)(C)C)ccc4c4ccc(C(C)(C)C)cc43)c2O)c(O)c(-n2c3cc(C(C)(C)C)ccc3c3ccc(C(C)(C)C)cc32)c1. The minimum atomic E-state index is -0.483. The zero-order valence-electron chi connectivity index (χ0n) is 57.9. The van der Waals surface area contributed by atoms with Crippen molar-refractivity contribution in [1.29, 1.82) is 0 Å². The van der Waals surface area contributed by atoms with Crippen LogP contribution >= 0.6 is 0 Å². The highest BCUT2D eigenvalue weighted by Crippen LogP contribution is 2.51. The van der Waals surface area contributed by atoms with Gasteiger partial charge in [0.2, 0.25) is 0 Å². The first kappa shape index (κ1) is 65.4. The Morgan fingerprint density at radius 1 is 0.322 bits per heavy atom. The fourth-order valence-electron chi connectivity index (χ4n) is 14.0. The largest absolute Gasteiger partial charge is 0.505 e. The fraction of sp³-hybridized carbons (Fsp3) is 0.415. The predicted molar refractivity (Wildman–Crippen MR) is 376 cm³/mol. The molecule has 0 unspecified atom stereocenters. The molecule has 8 heteroatoms. The summed E-state index contributed by atoms with van der Waals surface area (Å²) in [5.74, 6) is -0.278. The van der Waals surface area contributed by atoms with E-state index < -0.39 is 22.5 Å². The van der Waals surface area contributed by atoms with Gasteiger partial charge in [0, 0.05) is 43.8 Å². The quantitative estimate of drug-likeness (QED) is 0.113. The zero-order valence-corrected chi connectivity index (χ0v) is 57.9. The number of nitrogens with zero attached hydrogens (tertiary/aromatic N) is 2. The molecule has 10 rings (SSSR count). The maximum Gasteiger partial charge on any atom is 0.147 e. The highest BCUT2D eigenvalue weighted by Gasteiger charge is 2.34. The molecule has 0 radical (unpaired) electrons. The number of phenols is 2. The summed E-state index contributed by atoms with van der Waals surface area (Å²) < 4.78 is 49.9. The summed E-state index contributed by atoms with van der Waals surface area (Å²) in [6.07, 6.45) is 1.65. The normalized spacial score (nSPS) is 13.4. The monoisotopic (exact) mass is 1210 g/mol. The van der Waals surface area contributed by atoms with E-state index in [-0.39, 0.29) is 57.2 Å². The van der Waals surface area contributed by atoms with E-state index in [9.17, 15) is 10.2 Å². The molecule has 8 aromatic carbocycles. The third-order valence-electron chi connectivity index (χ3n) is 18.2. The van der Waals surface area contributed by atoms with Crippen LogP contribution in [0.4, 0.5) is 8.78 Å². The van der Waals surface area contributed by atoms with E-state index in [2.05, 4.69) is 246 Å². The number of phenolic OH excluding ortho intramolecular Hbond substituents is 2. The molecule has 0 aliphatic carbocycles. The minimum absolute atomic E-state index is 0.000235. The molecule has 10 aromatic rings. The van der Waals surface area contributed by atoms with Crippen molar-refractivity contribution < 1.29 is 28.5 Å². The third-order valence-corrected chi connectivity index (χ3v) is 18.2. The second-order valence-electron chi connectivity index (χ2n) is 33.6. The van der Waals surface area contributed by atoms with Gasteiger partial charge in [-0.25, -0.2) is 8.78 Å². The number of hydrogen-bond donors (Lipinski definition) is 2. The number of fused-ring (bicyclic) bond motifs is 6. The summed E-state index contributed by atoms with van der Waals surface area (Å²) in [5, 5.41) is 30.6. The summed E-state index contributed by atoms with van der Waals surface area (Å²) in [5.41, 5.74) is 11.7. The van der Waals surface area contributed by atoms with E-state index >= 15 is 8.78 Å². The third kappa shape index (κ3) is 13.0. The minimum Gasteiger partial charge on any atom is -0.505 e. The Morgan fingerprint density at radius 3 is 0.856 bits per heavy atom. The van der Waals surface area contributed by atoms with Crippen LogP contribution < -0.4 is 9.47 Å². The van der Waals surface area contributed by atoms with Gasteiger partial charge >= 0.3 is 0 Å². The van der Waals surface area contributed by atoms with Crippen molar-refractivity contribution in [3.05, 3.63) is 178 Å². The Bertz CT molecular complexity index is 3990. The lowest BCUT2D eigenvalue weighted by molar-refractivity contribution is 0.218. The molecule has 2 aromatic heterocycles. The van der Waals surface area contributed by atoms with Crippen LogP contribution in [0.1, 0.15) is 199 Å². The summed E-state index contributed by atoms with van der Waals surface area (Å²) in [7, 11) is 0. The van der Waals surface area contributed by atoms with Crippen molar-refractivity contribution in [1.82, 2.24) is 9.13 Å². The lowest BCUT2D eigenvalue weighted by atomic mass is 9.71. The lowest BCUT2D eigenvalue weighted by Gasteiger charge is -2.34. The van der Waals surface area contributed by atoms with Crippen LogP contribution in [0.5, 0.6) is 23.0 Å². The summed E-state index contributed by atoms with van der Waals surface area (Å²) in [6.45, 7) is 49.0. The van der Waals surface area contributed by atoms with E-state index in [0.717, 1.165) is 89.8 Å². The molecule has 2 N–H and O–H groups in total. The first-order valence-electron chi connectivity index (χ1n) is 32.3. The molecule has 0 bridgehead atoms. The second kappa shape index (κ2) is 22.7. The average molecular weight is 1210 g/mol. The number of halogens is 2. The molecule has 0 aliphatic rings. The number of rotatable bonds is 13. The Morgan fingerprint density at radius 2 is 0.600 bits per heavy atom. The molecule has 0 amide bonds. The Labute approximate surface area is 535 Å². The fourth-order valence-corrected chi connectivity index (χ4v) is 14.0. The van der Waals surface area contributed by atoms with Crippen molar-refractivity contribution in [3.8, 4) is 56.6 Å². The molecule has 0 saturated carbocycles. The van der Waals surface area contributed by atoms with Gasteiger partial charge in [0.25, 0.3) is 0 Å². The lowest BCUT2D eigenvalue weighted by Crippen LogP contribution is -2.25. The highest BCUT2D eigenvalue weighted by molar-refractivity contribution is 6.11. The molecular formula is C82H98F2N2O4. The first-order chi connectivity index (χ1) is 41.5. The topological polar surface area (TPSA) is 68.8 Å². The molecule has 0 saturated heterocycles. The smallest absolute Gasteiger partial charge is 0.147 e. The number of hydrogen-bond acceptors (Lipinski definition) is 4. The Hall–Kier alpha value is -7.58. The Balaban J connectivity index is 1.09. The first-order valence-corrected chi connectivity index (χ1v) is 32.3. The van der Waals surface area contributed by atoms with Crippen LogP contribution in [-0.4, -0.2) is 32.6 Å². The molecule has 0 atom stereocenters. The van der Waals surface area contributed by atoms with E-state index in [1.54, 1.807) is 12.1 Å². The second-order valence-corrected chi connectivity index (χ2v) is 33.6. The molecular weight excluding hydrogens is 1110 g/mol. The van der Waals surface area contributed by atoms with Crippen LogP contribution in [0, 0.1) is 22.5 Å². The highest BCUT2D eigenvalue weighted by atomic mass is 19.1. The van der Waals surface area contributed by atoms with E-state index in [0.29, 0.717) is 45.1 Å². The molecule has 0 fully saturated rings.